The smallest absolute Gasteiger partial charge is 0.209 e. The number of ether oxygens (including phenoxy) is 3. The second-order valence-corrected chi connectivity index (χ2v) is 9.42. The van der Waals surface area contributed by atoms with Crippen LogP contribution in [-0.2, 0) is 4.74 Å². The summed E-state index contributed by atoms with van der Waals surface area (Å²) in [7, 11) is 3.06. The number of likely N-dealkylation sites (tertiary alicyclic amines) is 1. The van der Waals surface area contributed by atoms with Crippen LogP contribution in [0, 0.1) is 11.6 Å². The van der Waals surface area contributed by atoms with E-state index in [1.54, 1.807) is 18.2 Å². The predicted octanol–water partition coefficient (Wildman–Crippen LogP) is 5.91. The highest BCUT2D eigenvalue weighted by molar-refractivity contribution is 6.05. The zero-order valence-corrected chi connectivity index (χ0v) is 22.1. The van der Waals surface area contributed by atoms with Crippen molar-refractivity contribution in [1.29, 1.82) is 0 Å². The number of hydrogen-bond donors (Lipinski definition) is 1. The monoisotopic (exact) mass is 525 g/mol. The Kier molecular flexibility index (Phi) is 8.06. The maximum atomic E-state index is 14.5. The third-order valence-corrected chi connectivity index (χ3v) is 6.68. The molecule has 202 valence electrons. The molecule has 38 heavy (non-hydrogen) atoms. The summed E-state index contributed by atoms with van der Waals surface area (Å²) in [5.74, 6) is -0.181. The Morgan fingerprint density at radius 3 is 2.45 bits per heavy atom. The number of para-hydroxylation sites is 1. The van der Waals surface area contributed by atoms with Crippen molar-refractivity contribution in [1.82, 2.24) is 4.90 Å². The summed E-state index contributed by atoms with van der Waals surface area (Å²) in [5, 5.41) is 11.7. The number of aliphatic hydroxyl groups is 1. The molecule has 0 radical (unpaired) electrons. The number of amidine groups is 1. The van der Waals surface area contributed by atoms with E-state index in [4.69, 9.17) is 19.2 Å². The number of methoxy groups -OCH3 is 2. The molecule has 1 N–H and O–H groups in total. The molecule has 7 nitrogen and oxygen atoms in total. The zero-order chi connectivity index (χ0) is 27.6. The average molecular weight is 526 g/mol. The second kappa shape index (κ2) is 11.3. The van der Waals surface area contributed by atoms with Crippen LogP contribution in [-0.4, -0.2) is 55.9 Å². The van der Waals surface area contributed by atoms with E-state index in [0.29, 0.717) is 65.1 Å². The van der Waals surface area contributed by atoms with Gasteiger partial charge in [0.25, 0.3) is 0 Å². The molecular weight excluding hydrogens is 492 g/mol. The van der Waals surface area contributed by atoms with E-state index in [1.807, 2.05) is 18.7 Å². The molecule has 2 aliphatic rings. The van der Waals surface area contributed by atoms with Gasteiger partial charge in [-0.25, -0.2) is 13.8 Å². The van der Waals surface area contributed by atoms with E-state index in [2.05, 4.69) is 13.2 Å². The summed E-state index contributed by atoms with van der Waals surface area (Å²) >= 11 is 0. The summed E-state index contributed by atoms with van der Waals surface area (Å²) in [5.41, 5.74) is 2.05. The van der Waals surface area contributed by atoms with Crippen LogP contribution in [0.2, 0.25) is 0 Å². The predicted molar refractivity (Wildman–Crippen MR) is 144 cm³/mol. The lowest BCUT2D eigenvalue weighted by Crippen LogP contribution is -2.39. The van der Waals surface area contributed by atoms with Crippen molar-refractivity contribution in [3.8, 4) is 11.5 Å². The zero-order valence-electron chi connectivity index (χ0n) is 22.1. The summed E-state index contributed by atoms with van der Waals surface area (Å²) in [6.07, 6.45) is 0.561. The van der Waals surface area contributed by atoms with Crippen LogP contribution in [0.15, 0.2) is 77.4 Å². The first-order valence-electron chi connectivity index (χ1n) is 12.4. The fourth-order valence-corrected chi connectivity index (χ4v) is 4.80. The van der Waals surface area contributed by atoms with Gasteiger partial charge in [-0.3, -0.25) is 4.90 Å². The van der Waals surface area contributed by atoms with Crippen LogP contribution in [0.5, 0.6) is 11.5 Å². The number of rotatable bonds is 9. The van der Waals surface area contributed by atoms with Crippen molar-refractivity contribution in [2.75, 3.05) is 38.8 Å². The molecule has 0 spiro atoms. The highest BCUT2D eigenvalue weighted by Gasteiger charge is 2.36. The van der Waals surface area contributed by atoms with Crippen LogP contribution >= 0.6 is 0 Å². The van der Waals surface area contributed by atoms with Crippen LogP contribution < -0.4 is 14.4 Å². The van der Waals surface area contributed by atoms with Gasteiger partial charge in [0.2, 0.25) is 5.88 Å². The van der Waals surface area contributed by atoms with E-state index in [-0.39, 0.29) is 24.5 Å². The van der Waals surface area contributed by atoms with Gasteiger partial charge in [-0.1, -0.05) is 25.3 Å². The summed E-state index contributed by atoms with van der Waals surface area (Å²) in [4.78, 5) is 8.17. The standard InChI is InChI=1S/C29H33F2N3O4/c1-17(2)38-16-26-32-18(3)27(29(35)34(26)28-24(36-5)8-7-9-25(28)37-6)19(4)33-13-12-20(15-33)22-11-10-21(30)14-23(22)31/h7-11,14,17,20,35H,3-4,12-13,15-16H2,1-2,5-6H3. The normalized spacial score (nSPS) is 17.8. The molecule has 1 saturated heterocycles. The van der Waals surface area contributed by atoms with Gasteiger partial charge in [0, 0.05) is 30.8 Å². The molecule has 2 aliphatic heterocycles. The fourth-order valence-electron chi connectivity index (χ4n) is 4.80. The molecule has 2 heterocycles. The van der Waals surface area contributed by atoms with Gasteiger partial charge >= 0.3 is 0 Å². The van der Waals surface area contributed by atoms with E-state index >= 15 is 0 Å². The molecule has 9 heteroatoms. The molecule has 0 bridgehead atoms. The second-order valence-electron chi connectivity index (χ2n) is 9.42. The van der Waals surface area contributed by atoms with Crippen molar-refractivity contribution in [3.63, 3.8) is 0 Å². The summed E-state index contributed by atoms with van der Waals surface area (Å²) < 4.78 is 44.9. The van der Waals surface area contributed by atoms with Crippen molar-refractivity contribution < 1.29 is 28.1 Å². The molecule has 4 rings (SSSR count). The SMILES string of the molecule is C=C1N=C(COC(C)C)N(c2c(OC)cccc2OC)C(O)=C1C(=C)N1CCC(c2ccc(F)cc2F)C1. The first kappa shape index (κ1) is 27.2. The molecule has 0 saturated carbocycles. The van der Waals surface area contributed by atoms with Crippen molar-refractivity contribution in [2.24, 2.45) is 4.99 Å². The summed E-state index contributed by atoms with van der Waals surface area (Å²) in [6.45, 7) is 13.2. The molecule has 1 unspecified atom stereocenters. The van der Waals surface area contributed by atoms with Gasteiger partial charge in [-0.15, -0.1) is 0 Å². The van der Waals surface area contributed by atoms with E-state index in [0.717, 1.165) is 6.07 Å². The first-order chi connectivity index (χ1) is 18.2. The number of hydrogen-bond acceptors (Lipinski definition) is 7. The molecule has 1 fully saturated rings. The Labute approximate surface area is 221 Å². The van der Waals surface area contributed by atoms with Crippen LogP contribution in [0.1, 0.15) is 31.7 Å². The highest BCUT2D eigenvalue weighted by atomic mass is 19.1. The van der Waals surface area contributed by atoms with Gasteiger partial charge in [-0.2, -0.15) is 0 Å². The Bertz CT molecular complexity index is 1280. The van der Waals surface area contributed by atoms with Gasteiger partial charge in [0.15, 0.2) is 0 Å². The Morgan fingerprint density at radius 2 is 1.84 bits per heavy atom. The topological polar surface area (TPSA) is 66.8 Å². The highest BCUT2D eigenvalue weighted by Crippen LogP contribution is 2.43. The molecule has 0 aromatic heterocycles. The molecule has 2 aromatic carbocycles. The maximum absolute atomic E-state index is 14.5. The quantitative estimate of drug-likeness (QED) is 0.439. The van der Waals surface area contributed by atoms with Crippen LogP contribution in [0.4, 0.5) is 14.5 Å². The molecular formula is C29H33F2N3O4. The van der Waals surface area contributed by atoms with Crippen molar-refractivity contribution >= 4 is 11.5 Å². The van der Waals surface area contributed by atoms with E-state index < -0.39 is 11.6 Å². The maximum Gasteiger partial charge on any atom is 0.209 e. The van der Waals surface area contributed by atoms with E-state index in [9.17, 15) is 13.9 Å². The third-order valence-electron chi connectivity index (χ3n) is 6.68. The lowest BCUT2D eigenvalue weighted by atomic mass is 9.98. The van der Waals surface area contributed by atoms with Crippen molar-refractivity contribution in [3.05, 3.63) is 89.6 Å². The number of nitrogens with zero attached hydrogens (tertiary/aromatic N) is 3. The Balaban J connectivity index is 1.72. The number of halogens is 2. The number of aliphatic hydroxyl groups excluding tert-OH is 1. The van der Waals surface area contributed by atoms with Gasteiger partial charge in [-0.05, 0) is 44.0 Å². The first-order valence-corrected chi connectivity index (χ1v) is 12.4. The van der Waals surface area contributed by atoms with E-state index in [1.165, 1.54) is 31.3 Å². The third kappa shape index (κ3) is 5.24. The largest absolute Gasteiger partial charge is 0.494 e. The van der Waals surface area contributed by atoms with Gasteiger partial charge in [0.1, 0.15) is 41.3 Å². The number of anilines is 1. The Morgan fingerprint density at radius 1 is 1.16 bits per heavy atom. The van der Waals surface area contributed by atoms with Gasteiger partial charge < -0.3 is 24.2 Å². The van der Waals surface area contributed by atoms with Crippen LogP contribution in [0.25, 0.3) is 0 Å². The molecule has 1 atom stereocenters. The molecule has 0 aliphatic carbocycles. The minimum absolute atomic E-state index is 0.0803. The minimum Gasteiger partial charge on any atom is -0.494 e. The lowest BCUT2D eigenvalue weighted by molar-refractivity contribution is 0.109. The Hall–Kier alpha value is -3.85. The van der Waals surface area contributed by atoms with Crippen molar-refractivity contribution in [2.45, 2.75) is 32.3 Å². The molecule has 0 amide bonds. The molecule has 2 aromatic rings. The number of aliphatic imine (C=N–C) groups is 1. The van der Waals surface area contributed by atoms with Crippen LogP contribution in [0.3, 0.4) is 0 Å². The lowest BCUT2D eigenvalue weighted by Gasteiger charge is -2.34. The summed E-state index contributed by atoms with van der Waals surface area (Å²) in [6, 6.07) is 8.95. The fraction of sp³-hybridized carbons (Fsp3) is 0.345. The van der Waals surface area contributed by atoms with Gasteiger partial charge in [0.05, 0.1) is 31.6 Å². The number of benzene rings is 2. The minimum atomic E-state index is -0.610. The average Bonchev–Trinajstić information content (AvgIpc) is 3.37.